The van der Waals surface area contributed by atoms with E-state index in [0.29, 0.717) is 44.4 Å². The number of carbonyl (C=O) groups is 1. The topological polar surface area (TPSA) is 65.4 Å². The van der Waals surface area contributed by atoms with Crippen molar-refractivity contribution in [3.05, 3.63) is 36.3 Å². The van der Waals surface area contributed by atoms with E-state index in [-0.39, 0.29) is 37.5 Å². The lowest BCUT2D eigenvalue weighted by Crippen LogP contribution is -2.40. The lowest BCUT2D eigenvalue weighted by Gasteiger charge is -2.30. The molecule has 2 aliphatic carbocycles. The van der Waals surface area contributed by atoms with Crippen LogP contribution in [0.15, 0.2) is 30.7 Å². The molecule has 3 aliphatic rings. The first-order valence-electron chi connectivity index (χ1n) is 11.1. The van der Waals surface area contributed by atoms with Gasteiger partial charge in [0.25, 0.3) is 5.91 Å². The molecule has 1 aromatic carbocycles. The molecule has 2 saturated carbocycles. The van der Waals surface area contributed by atoms with E-state index in [1.54, 1.807) is 18.6 Å². The summed E-state index contributed by atoms with van der Waals surface area (Å²) in [7, 11) is 0. The molecule has 1 N–H and O–H groups in total. The Bertz CT molecular complexity index is 992. The van der Waals surface area contributed by atoms with Gasteiger partial charge in [0, 0.05) is 17.2 Å². The minimum absolute atomic E-state index is 0.0135. The predicted molar refractivity (Wildman–Crippen MR) is 110 cm³/mol. The van der Waals surface area contributed by atoms with Gasteiger partial charge in [-0.25, -0.2) is 4.98 Å². The summed E-state index contributed by atoms with van der Waals surface area (Å²) in [6, 6.07) is 5.37. The molecule has 1 aliphatic heterocycles. The van der Waals surface area contributed by atoms with Gasteiger partial charge in [-0.1, -0.05) is 0 Å². The summed E-state index contributed by atoms with van der Waals surface area (Å²) in [4.78, 5) is 17.1. The van der Waals surface area contributed by atoms with Crippen molar-refractivity contribution in [2.24, 2.45) is 5.41 Å². The van der Waals surface area contributed by atoms with Crippen LogP contribution in [0.4, 0.5) is 13.2 Å². The Balaban J connectivity index is 1.16. The van der Waals surface area contributed by atoms with Crippen LogP contribution >= 0.6 is 0 Å². The summed E-state index contributed by atoms with van der Waals surface area (Å²) in [5, 5.41) is 3.07. The van der Waals surface area contributed by atoms with Gasteiger partial charge in [0.15, 0.2) is 0 Å². The van der Waals surface area contributed by atoms with Crippen LogP contribution in [0, 0.1) is 5.41 Å². The summed E-state index contributed by atoms with van der Waals surface area (Å²) in [5.41, 5.74) is 0.671. The van der Waals surface area contributed by atoms with E-state index in [1.807, 2.05) is 16.7 Å². The van der Waals surface area contributed by atoms with Crippen molar-refractivity contribution in [1.29, 1.82) is 0 Å². The molecule has 5 rings (SSSR count). The molecule has 0 radical (unpaired) electrons. The number of amides is 1. The summed E-state index contributed by atoms with van der Waals surface area (Å²) in [6.07, 6.45) is 2.16. The highest BCUT2D eigenvalue weighted by atomic mass is 19.4. The molecule has 0 atom stereocenters. The highest BCUT2D eigenvalue weighted by molar-refractivity contribution is 5.96. The van der Waals surface area contributed by atoms with Crippen molar-refractivity contribution in [3.8, 4) is 17.0 Å². The number of ether oxygens (including phenoxy) is 2. The van der Waals surface area contributed by atoms with Gasteiger partial charge in [-0.15, -0.1) is 0 Å². The first-order chi connectivity index (χ1) is 15.3. The largest absolute Gasteiger partial charge is 0.491 e. The van der Waals surface area contributed by atoms with Crippen molar-refractivity contribution < 1.29 is 27.4 Å². The molecule has 0 spiro atoms. The van der Waals surface area contributed by atoms with Crippen LogP contribution in [0.5, 0.6) is 5.75 Å². The lowest BCUT2D eigenvalue weighted by atomic mass is 9.92. The number of benzene rings is 1. The molecule has 2 aromatic rings. The van der Waals surface area contributed by atoms with E-state index in [0.717, 1.165) is 17.0 Å². The predicted octanol–water partition coefficient (Wildman–Crippen LogP) is 4.34. The molecule has 2 fully saturated rings. The molecular formula is C23H26F3N3O3. The number of alkyl halides is 3. The number of fused-ring (bicyclic) bond motifs is 3. The molecule has 0 unspecified atom stereocenters. The standard InChI is InChI=1S/C23H26F3N3O3/c24-23(25,26)22(7-8-22)13-32-17-4-2-16(3-5-17)28-21(30)15-1-6-20-18(11-15)19-12-27-14-29(19)9-10-31-20/h1,6,11-12,14,16-17H,2-5,7-10,13H2,(H,28,30). The van der Waals surface area contributed by atoms with E-state index in [2.05, 4.69) is 10.3 Å². The number of aromatic nitrogens is 2. The van der Waals surface area contributed by atoms with Crippen molar-refractivity contribution in [2.75, 3.05) is 13.2 Å². The molecule has 0 bridgehead atoms. The second kappa shape index (κ2) is 8.10. The van der Waals surface area contributed by atoms with Crippen LogP contribution in [0.3, 0.4) is 0 Å². The molecular weight excluding hydrogens is 423 g/mol. The molecule has 1 aromatic heterocycles. The maximum absolute atomic E-state index is 13.1. The van der Waals surface area contributed by atoms with Crippen molar-refractivity contribution in [3.63, 3.8) is 0 Å². The molecule has 2 heterocycles. The number of hydrogen-bond acceptors (Lipinski definition) is 4. The Morgan fingerprint density at radius 3 is 2.75 bits per heavy atom. The van der Waals surface area contributed by atoms with Gasteiger partial charge >= 0.3 is 6.18 Å². The molecule has 1 amide bonds. The van der Waals surface area contributed by atoms with E-state index < -0.39 is 11.6 Å². The second-order valence-electron chi connectivity index (χ2n) is 9.07. The number of hydrogen-bond donors (Lipinski definition) is 1. The molecule has 0 saturated heterocycles. The van der Waals surface area contributed by atoms with E-state index >= 15 is 0 Å². The second-order valence-corrected chi connectivity index (χ2v) is 9.07. The molecule has 6 nitrogen and oxygen atoms in total. The average Bonchev–Trinajstić information content (AvgIpc) is 3.48. The summed E-state index contributed by atoms with van der Waals surface area (Å²) < 4.78 is 52.6. The smallest absolute Gasteiger partial charge is 0.396 e. The number of rotatable bonds is 5. The first kappa shape index (κ1) is 21.3. The van der Waals surface area contributed by atoms with Gasteiger partial charge in [0.2, 0.25) is 0 Å². The highest BCUT2D eigenvalue weighted by Gasteiger charge is 2.63. The minimum Gasteiger partial charge on any atom is -0.491 e. The lowest BCUT2D eigenvalue weighted by molar-refractivity contribution is -0.206. The van der Waals surface area contributed by atoms with Crippen molar-refractivity contribution in [1.82, 2.24) is 14.9 Å². The summed E-state index contributed by atoms with van der Waals surface area (Å²) in [6.45, 7) is 0.990. The monoisotopic (exact) mass is 449 g/mol. The fraction of sp³-hybridized carbons (Fsp3) is 0.565. The van der Waals surface area contributed by atoms with Gasteiger partial charge < -0.3 is 19.4 Å². The van der Waals surface area contributed by atoms with Crippen LogP contribution in [-0.4, -0.2) is 47.0 Å². The normalized spacial score (nSPS) is 24.0. The summed E-state index contributed by atoms with van der Waals surface area (Å²) >= 11 is 0. The summed E-state index contributed by atoms with van der Waals surface area (Å²) in [5.74, 6) is 0.562. The van der Waals surface area contributed by atoms with Gasteiger partial charge in [-0.05, 0) is 56.7 Å². The van der Waals surface area contributed by atoms with Gasteiger partial charge in [0.05, 0.1) is 42.9 Å². The number of imidazole rings is 1. The van der Waals surface area contributed by atoms with Crippen molar-refractivity contribution >= 4 is 5.91 Å². The minimum atomic E-state index is -4.19. The quantitative estimate of drug-likeness (QED) is 0.738. The van der Waals surface area contributed by atoms with Crippen LogP contribution in [0.2, 0.25) is 0 Å². The highest BCUT2D eigenvalue weighted by Crippen LogP contribution is 2.57. The number of nitrogens with zero attached hydrogens (tertiary/aromatic N) is 2. The fourth-order valence-corrected chi connectivity index (χ4v) is 4.55. The Hall–Kier alpha value is -2.55. The van der Waals surface area contributed by atoms with Gasteiger partial charge in [0.1, 0.15) is 12.4 Å². The first-order valence-corrected chi connectivity index (χ1v) is 11.1. The fourth-order valence-electron chi connectivity index (χ4n) is 4.55. The van der Waals surface area contributed by atoms with Gasteiger partial charge in [-0.2, -0.15) is 13.2 Å². The van der Waals surface area contributed by atoms with Crippen LogP contribution in [0.25, 0.3) is 11.3 Å². The molecule has 172 valence electrons. The molecule has 9 heteroatoms. The molecule has 32 heavy (non-hydrogen) atoms. The Kier molecular flexibility index (Phi) is 5.39. The zero-order valence-corrected chi connectivity index (χ0v) is 17.7. The Morgan fingerprint density at radius 1 is 1.25 bits per heavy atom. The SMILES string of the molecule is O=C(NC1CCC(OCC2(C(F)(F)F)CC2)CC1)c1ccc2c(c1)-c1cncn1CCO2. The maximum Gasteiger partial charge on any atom is 0.396 e. The average molecular weight is 449 g/mol. The Labute approximate surface area is 184 Å². The van der Waals surface area contributed by atoms with Crippen molar-refractivity contribution in [2.45, 2.75) is 63.4 Å². The Morgan fingerprint density at radius 2 is 2.03 bits per heavy atom. The zero-order valence-electron chi connectivity index (χ0n) is 17.7. The van der Waals surface area contributed by atoms with E-state index in [4.69, 9.17) is 9.47 Å². The third-order valence-electron chi connectivity index (χ3n) is 6.88. The van der Waals surface area contributed by atoms with Gasteiger partial charge in [-0.3, -0.25) is 4.79 Å². The maximum atomic E-state index is 13.1. The number of nitrogens with one attached hydrogen (secondary N) is 1. The van der Waals surface area contributed by atoms with Crippen LogP contribution in [0.1, 0.15) is 48.9 Å². The third kappa shape index (κ3) is 4.10. The third-order valence-corrected chi connectivity index (χ3v) is 6.88. The van der Waals surface area contributed by atoms with E-state index in [9.17, 15) is 18.0 Å². The number of carbonyl (C=O) groups excluding carboxylic acids is 1. The zero-order chi connectivity index (χ0) is 22.3. The van der Waals surface area contributed by atoms with E-state index in [1.165, 1.54) is 0 Å². The van der Waals surface area contributed by atoms with Crippen LogP contribution < -0.4 is 10.1 Å². The van der Waals surface area contributed by atoms with Crippen LogP contribution in [-0.2, 0) is 11.3 Å². The number of halogens is 3.